The third-order valence-electron chi connectivity index (χ3n) is 2.91. The first-order chi connectivity index (χ1) is 8.88. The van der Waals surface area contributed by atoms with Crippen molar-refractivity contribution in [3.63, 3.8) is 0 Å². The molecule has 0 aromatic heterocycles. The van der Waals surface area contributed by atoms with Gasteiger partial charge in [0.05, 0.1) is 0 Å². The Morgan fingerprint density at radius 3 is 2.63 bits per heavy atom. The first-order valence-corrected chi connectivity index (χ1v) is 5.91. The van der Waals surface area contributed by atoms with E-state index >= 15 is 0 Å². The van der Waals surface area contributed by atoms with E-state index in [9.17, 15) is 9.18 Å². The number of carbonyl (C=O) groups excluding carboxylic acids is 1. The van der Waals surface area contributed by atoms with Gasteiger partial charge < -0.3 is 16.3 Å². The van der Waals surface area contributed by atoms with Crippen molar-refractivity contribution >= 4 is 17.4 Å². The van der Waals surface area contributed by atoms with Crippen LogP contribution >= 0.6 is 0 Å². The van der Waals surface area contributed by atoms with Gasteiger partial charge >= 0.3 is 0 Å². The van der Waals surface area contributed by atoms with Gasteiger partial charge in [0.2, 0.25) is 5.91 Å². The Morgan fingerprint density at radius 1 is 1.47 bits per heavy atom. The van der Waals surface area contributed by atoms with Crippen LogP contribution in [0.1, 0.15) is 19.4 Å². The van der Waals surface area contributed by atoms with Gasteiger partial charge in [-0.3, -0.25) is 4.79 Å². The minimum Gasteiger partial charge on any atom is -0.409 e. The number of carbonyl (C=O) groups is 1. The van der Waals surface area contributed by atoms with E-state index < -0.39 is 17.6 Å². The highest BCUT2D eigenvalue weighted by molar-refractivity contribution is 6.08. The number of hydrogen-bond donors (Lipinski definition) is 3. The molecule has 1 rings (SSSR count). The molecule has 1 aromatic rings. The van der Waals surface area contributed by atoms with E-state index in [0.29, 0.717) is 11.3 Å². The second-order valence-corrected chi connectivity index (χ2v) is 4.65. The van der Waals surface area contributed by atoms with Crippen molar-refractivity contribution in [3.8, 4) is 0 Å². The summed E-state index contributed by atoms with van der Waals surface area (Å²) in [4.78, 5) is 12.1. The molecule has 5 nitrogen and oxygen atoms in total. The van der Waals surface area contributed by atoms with Gasteiger partial charge in [0.25, 0.3) is 0 Å². The van der Waals surface area contributed by atoms with Gasteiger partial charge in [0.15, 0.2) is 5.84 Å². The van der Waals surface area contributed by atoms with Crippen LogP contribution in [-0.2, 0) is 4.79 Å². The largest absolute Gasteiger partial charge is 0.409 e. The summed E-state index contributed by atoms with van der Waals surface area (Å²) in [6, 6.07) is 4.42. The quantitative estimate of drug-likeness (QED) is 0.338. The molecular formula is C13H18FN3O2. The fourth-order valence-corrected chi connectivity index (χ4v) is 1.79. The Labute approximate surface area is 111 Å². The first kappa shape index (κ1) is 14.9. The van der Waals surface area contributed by atoms with Crippen LogP contribution in [0.4, 0.5) is 10.1 Å². The number of halogens is 1. The lowest BCUT2D eigenvalue weighted by Gasteiger charge is -2.19. The van der Waals surface area contributed by atoms with Crippen LogP contribution in [0.3, 0.4) is 0 Å². The van der Waals surface area contributed by atoms with Crippen molar-refractivity contribution in [2.45, 2.75) is 20.8 Å². The number of hydrogen-bond acceptors (Lipinski definition) is 3. The van der Waals surface area contributed by atoms with E-state index in [2.05, 4.69) is 10.5 Å². The van der Waals surface area contributed by atoms with Gasteiger partial charge in [0.1, 0.15) is 11.7 Å². The zero-order chi connectivity index (χ0) is 14.6. The second kappa shape index (κ2) is 6.17. The van der Waals surface area contributed by atoms with Gasteiger partial charge in [-0.15, -0.1) is 0 Å². The van der Waals surface area contributed by atoms with E-state index in [4.69, 9.17) is 10.9 Å². The van der Waals surface area contributed by atoms with Gasteiger partial charge in [-0.05, 0) is 25.0 Å². The van der Waals surface area contributed by atoms with Crippen molar-refractivity contribution in [2.75, 3.05) is 5.32 Å². The zero-order valence-electron chi connectivity index (χ0n) is 11.1. The van der Waals surface area contributed by atoms with Crippen LogP contribution in [-0.4, -0.2) is 17.0 Å². The Hall–Kier alpha value is -2.11. The third kappa shape index (κ3) is 3.43. The van der Waals surface area contributed by atoms with E-state index in [1.54, 1.807) is 26.8 Å². The number of nitrogens with zero attached hydrogens (tertiary/aromatic N) is 1. The van der Waals surface area contributed by atoms with Crippen molar-refractivity contribution in [1.29, 1.82) is 0 Å². The average Bonchev–Trinajstić information content (AvgIpc) is 2.34. The molecule has 0 bridgehead atoms. The smallest absolute Gasteiger partial charge is 0.235 e. The van der Waals surface area contributed by atoms with E-state index in [1.807, 2.05) is 0 Å². The number of oxime groups is 1. The monoisotopic (exact) mass is 267 g/mol. The van der Waals surface area contributed by atoms with Crippen molar-refractivity contribution in [2.24, 2.45) is 22.7 Å². The Morgan fingerprint density at radius 2 is 2.11 bits per heavy atom. The maximum Gasteiger partial charge on any atom is 0.235 e. The molecule has 1 aromatic carbocycles. The molecule has 0 saturated heterocycles. The minimum atomic E-state index is -0.771. The van der Waals surface area contributed by atoms with Crippen LogP contribution in [0.2, 0.25) is 0 Å². The molecule has 104 valence electrons. The molecule has 0 radical (unpaired) electrons. The highest BCUT2D eigenvalue weighted by Crippen LogP contribution is 2.20. The average molecular weight is 267 g/mol. The molecule has 0 fully saturated rings. The highest BCUT2D eigenvalue weighted by Gasteiger charge is 2.27. The van der Waals surface area contributed by atoms with Crippen LogP contribution in [0.15, 0.2) is 23.4 Å². The summed E-state index contributed by atoms with van der Waals surface area (Å²) in [5.41, 5.74) is 6.23. The Balaban J connectivity index is 2.97. The van der Waals surface area contributed by atoms with Gasteiger partial charge in [-0.1, -0.05) is 25.1 Å². The standard InChI is InChI=1S/C13H18FN3O2/c1-7(2)11(12(15)17-19)13(18)16-10-6-4-5-9(14)8(10)3/h4-7,11,19H,1-3H3,(H2,15,17)(H,16,18). The molecule has 0 aliphatic heterocycles. The SMILES string of the molecule is Cc1c(F)cccc1NC(=O)C(C(N)=NO)C(C)C. The predicted molar refractivity (Wildman–Crippen MR) is 71.5 cm³/mol. The predicted octanol–water partition coefficient (Wildman–Crippen LogP) is 2.09. The molecule has 0 aliphatic carbocycles. The number of amidine groups is 1. The summed E-state index contributed by atoms with van der Waals surface area (Å²) in [5, 5.41) is 14.2. The molecule has 1 unspecified atom stereocenters. The molecule has 1 atom stereocenters. The fraction of sp³-hybridized carbons (Fsp3) is 0.385. The molecular weight excluding hydrogens is 249 g/mol. The molecule has 4 N–H and O–H groups in total. The fourth-order valence-electron chi connectivity index (χ4n) is 1.79. The van der Waals surface area contributed by atoms with Gasteiger partial charge in [0, 0.05) is 11.3 Å². The number of rotatable bonds is 4. The first-order valence-electron chi connectivity index (χ1n) is 5.91. The number of nitrogens with two attached hydrogens (primary N) is 1. The van der Waals surface area contributed by atoms with Crippen molar-refractivity contribution < 1.29 is 14.4 Å². The minimum absolute atomic E-state index is 0.148. The van der Waals surface area contributed by atoms with Gasteiger partial charge in [-0.25, -0.2) is 4.39 Å². The number of anilines is 1. The molecule has 19 heavy (non-hydrogen) atoms. The molecule has 0 aliphatic rings. The summed E-state index contributed by atoms with van der Waals surface area (Å²) in [6.45, 7) is 5.13. The van der Waals surface area contributed by atoms with Crippen molar-refractivity contribution in [3.05, 3.63) is 29.6 Å². The number of nitrogens with one attached hydrogen (secondary N) is 1. The molecule has 0 heterocycles. The molecule has 6 heteroatoms. The Bertz CT molecular complexity index is 501. The number of amides is 1. The van der Waals surface area contributed by atoms with Crippen LogP contribution < -0.4 is 11.1 Å². The second-order valence-electron chi connectivity index (χ2n) is 4.65. The Kier molecular flexibility index (Phi) is 4.86. The highest BCUT2D eigenvalue weighted by atomic mass is 19.1. The van der Waals surface area contributed by atoms with Crippen LogP contribution in [0.25, 0.3) is 0 Å². The topological polar surface area (TPSA) is 87.7 Å². The maximum absolute atomic E-state index is 13.4. The lowest BCUT2D eigenvalue weighted by molar-refractivity contribution is -0.119. The van der Waals surface area contributed by atoms with Crippen LogP contribution in [0.5, 0.6) is 0 Å². The molecule has 0 spiro atoms. The van der Waals surface area contributed by atoms with Gasteiger partial charge in [-0.2, -0.15) is 0 Å². The summed E-state index contributed by atoms with van der Waals surface area (Å²) >= 11 is 0. The number of benzene rings is 1. The van der Waals surface area contributed by atoms with Crippen molar-refractivity contribution in [1.82, 2.24) is 0 Å². The maximum atomic E-state index is 13.4. The summed E-state index contributed by atoms with van der Waals surface area (Å²) < 4.78 is 13.4. The summed E-state index contributed by atoms with van der Waals surface area (Å²) in [7, 11) is 0. The summed E-state index contributed by atoms with van der Waals surface area (Å²) in [6.07, 6.45) is 0. The van der Waals surface area contributed by atoms with E-state index in [1.165, 1.54) is 12.1 Å². The normalized spacial score (nSPS) is 13.4. The summed E-state index contributed by atoms with van der Waals surface area (Å²) in [5.74, 6) is -1.92. The van der Waals surface area contributed by atoms with Crippen LogP contribution in [0, 0.1) is 24.6 Å². The molecule has 0 saturated carbocycles. The lowest BCUT2D eigenvalue weighted by atomic mass is 9.93. The third-order valence-corrected chi connectivity index (χ3v) is 2.91. The van der Waals surface area contributed by atoms with E-state index in [0.717, 1.165) is 0 Å². The van der Waals surface area contributed by atoms with E-state index in [-0.39, 0.29) is 11.8 Å². The zero-order valence-corrected chi connectivity index (χ0v) is 11.1. The lowest BCUT2D eigenvalue weighted by Crippen LogP contribution is -2.38. The molecule has 1 amide bonds.